The summed E-state index contributed by atoms with van der Waals surface area (Å²) in [4.78, 5) is 0. The number of hydrogen-bond donors (Lipinski definition) is 1. The summed E-state index contributed by atoms with van der Waals surface area (Å²) in [6.07, 6.45) is 12.5. The van der Waals surface area contributed by atoms with Crippen molar-refractivity contribution in [3.8, 4) is 0 Å². The van der Waals surface area contributed by atoms with Crippen molar-refractivity contribution in [3.63, 3.8) is 0 Å². The van der Waals surface area contributed by atoms with E-state index in [2.05, 4.69) is 33.0 Å². The number of rotatable bonds is 8. The highest BCUT2D eigenvalue weighted by molar-refractivity contribution is 4.81. The number of nitrogens with one attached hydrogen (secondary N) is 1. The average molecular weight is 253 g/mol. The molecule has 1 unspecified atom stereocenters. The van der Waals surface area contributed by atoms with Crippen LogP contribution in [0, 0.1) is 11.8 Å². The molecule has 1 N–H and O–H groups in total. The van der Waals surface area contributed by atoms with E-state index in [0.717, 1.165) is 23.9 Å². The minimum absolute atomic E-state index is 0.788. The summed E-state index contributed by atoms with van der Waals surface area (Å²) in [7, 11) is 0. The van der Waals surface area contributed by atoms with Crippen LogP contribution in [0.25, 0.3) is 0 Å². The smallest absolute Gasteiger partial charge is 0.00698 e. The first-order valence-electron chi connectivity index (χ1n) is 8.43. The second-order valence-corrected chi connectivity index (χ2v) is 6.65. The Labute approximate surface area is 115 Å². The van der Waals surface area contributed by atoms with E-state index < -0.39 is 0 Å². The van der Waals surface area contributed by atoms with Crippen molar-refractivity contribution in [2.75, 3.05) is 0 Å². The third kappa shape index (κ3) is 5.73. The number of hydrogen-bond acceptors (Lipinski definition) is 1. The fourth-order valence-corrected chi connectivity index (χ4v) is 3.40. The molecule has 0 aliphatic heterocycles. The lowest BCUT2D eigenvalue weighted by Gasteiger charge is -2.34. The van der Waals surface area contributed by atoms with Crippen LogP contribution in [0.1, 0.15) is 85.5 Å². The zero-order valence-electron chi connectivity index (χ0n) is 13.2. The summed E-state index contributed by atoms with van der Waals surface area (Å²) in [5.41, 5.74) is 0. The van der Waals surface area contributed by atoms with E-state index in [1.165, 1.54) is 57.8 Å². The van der Waals surface area contributed by atoms with Gasteiger partial charge in [0.25, 0.3) is 0 Å². The van der Waals surface area contributed by atoms with Crippen molar-refractivity contribution < 1.29 is 0 Å². The zero-order chi connectivity index (χ0) is 13.4. The van der Waals surface area contributed by atoms with Gasteiger partial charge in [-0.05, 0) is 50.4 Å². The summed E-state index contributed by atoms with van der Waals surface area (Å²) >= 11 is 0. The van der Waals surface area contributed by atoms with E-state index in [1.807, 2.05) is 0 Å². The van der Waals surface area contributed by atoms with Crippen molar-refractivity contribution in [1.29, 1.82) is 0 Å². The molecule has 0 aromatic carbocycles. The molecule has 0 bridgehead atoms. The van der Waals surface area contributed by atoms with Crippen molar-refractivity contribution in [1.82, 2.24) is 5.32 Å². The maximum Gasteiger partial charge on any atom is 0.00698 e. The van der Waals surface area contributed by atoms with Gasteiger partial charge in [-0.2, -0.15) is 0 Å². The molecule has 108 valence electrons. The molecule has 1 atom stereocenters. The molecule has 1 heteroatoms. The summed E-state index contributed by atoms with van der Waals surface area (Å²) in [5, 5.41) is 3.95. The highest BCUT2D eigenvalue weighted by Crippen LogP contribution is 2.30. The van der Waals surface area contributed by atoms with Crippen molar-refractivity contribution in [2.24, 2.45) is 11.8 Å². The second kappa shape index (κ2) is 8.96. The zero-order valence-corrected chi connectivity index (χ0v) is 13.2. The predicted octanol–water partition coefficient (Wildman–Crippen LogP) is 5.15. The molecule has 18 heavy (non-hydrogen) atoms. The molecule has 1 rings (SSSR count). The topological polar surface area (TPSA) is 12.0 Å². The maximum absolute atomic E-state index is 3.95. The lowest BCUT2D eigenvalue weighted by Crippen LogP contribution is -2.41. The van der Waals surface area contributed by atoms with Crippen LogP contribution in [0.5, 0.6) is 0 Å². The van der Waals surface area contributed by atoms with Gasteiger partial charge in [-0.3, -0.25) is 0 Å². The molecule has 0 saturated heterocycles. The van der Waals surface area contributed by atoms with Crippen molar-refractivity contribution in [3.05, 3.63) is 0 Å². The monoisotopic (exact) mass is 253 g/mol. The third-order valence-electron chi connectivity index (χ3n) is 4.73. The molecule has 1 aliphatic rings. The van der Waals surface area contributed by atoms with Crippen LogP contribution in [0.4, 0.5) is 0 Å². The quantitative estimate of drug-likeness (QED) is 0.631. The fraction of sp³-hybridized carbons (Fsp3) is 1.00. The van der Waals surface area contributed by atoms with E-state index in [9.17, 15) is 0 Å². The van der Waals surface area contributed by atoms with Crippen LogP contribution >= 0.6 is 0 Å². The van der Waals surface area contributed by atoms with Crippen molar-refractivity contribution in [2.45, 2.75) is 97.6 Å². The van der Waals surface area contributed by atoms with Gasteiger partial charge in [0.1, 0.15) is 0 Å². The predicted molar refractivity (Wildman–Crippen MR) is 81.9 cm³/mol. The molecule has 1 fully saturated rings. The summed E-state index contributed by atoms with van der Waals surface area (Å²) < 4.78 is 0. The Bertz CT molecular complexity index is 192. The van der Waals surface area contributed by atoms with Gasteiger partial charge in [0.15, 0.2) is 0 Å². The Balaban J connectivity index is 2.27. The Morgan fingerprint density at radius 2 is 1.61 bits per heavy atom. The Hall–Kier alpha value is -0.0400. The Morgan fingerprint density at radius 3 is 2.11 bits per heavy atom. The molecule has 0 aromatic heterocycles. The van der Waals surface area contributed by atoms with E-state index >= 15 is 0 Å². The Morgan fingerprint density at radius 1 is 0.944 bits per heavy atom. The van der Waals surface area contributed by atoms with Crippen LogP contribution in [-0.4, -0.2) is 12.1 Å². The number of unbranched alkanes of at least 4 members (excludes halogenated alkanes) is 1. The first-order valence-corrected chi connectivity index (χ1v) is 8.43. The first-order chi connectivity index (χ1) is 8.67. The lowest BCUT2D eigenvalue weighted by atomic mass is 9.79. The molecule has 1 saturated carbocycles. The largest absolute Gasteiger partial charge is 0.311 e. The average Bonchev–Trinajstić information content (AvgIpc) is 2.37. The van der Waals surface area contributed by atoms with Crippen LogP contribution in [0.2, 0.25) is 0 Å². The van der Waals surface area contributed by atoms with E-state index in [4.69, 9.17) is 0 Å². The maximum atomic E-state index is 3.95. The fourth-order valence-electron chi connectivity index (χ4n) is 3.40. The minimum atomic E-state index is 0.788. The van der Waals surface area contributed by atoms with Crippen LogP contribution in [-0.2, 0) is 0 Å². The van der Waals surface area contributed by atoms with E-state index in [1.54, 1.807) is 0 Å². The third-order valence-corrected chi connectivity index (χ3v) is 4.73. The van der Waals surface area contributed by atoms with Gasteiger partial charge in [-0.25, -0.2) is 0 Å². The van der Waals surface area contributed by atoms with Gasteiger partial charge in [-0.1, -0.05) is 47.0 Å². The highest BCUT2D eigenvalue weighted by atomic mass is 14.9. The minimum Gasteiger partial charge on any atom is -0.311 e. The molecule has 0 aromatic rings. The molecule has 0 spiro atoms. The van der Waals surface area contributed by atoms with Gasteiger partial charge in [0, 0.05) is 12.1 Å². The summed E-state index contributed by atoms with van der Waals surface area (Å²) in [5.74, 6) is 1.88. The van der Waals surface area contributed by atoms with Crippen LogP contribution in [0.3, 0.4) is 0 Å². The molecule has 0 amide bonds. The highest BCUT2D eigenvalue weighted by Gasteiger charge is 2.24. The second-order valence-electron chi connectivity index (χ2n) is 6.65. The van der Waals surface area contributed by atoms with Crippen LogP contribution in [0.15, 0.2) is 0 Å². The molecule has 0 heterocycles. The van der Waals surface area contributed by atoms with Gasteiger partial charge in [-0.15, -0.1) is 0 Å². The summed E-state index contributed by atoms with van der Waals surface area (Å²) in [6.45, 7) is 9.40. The van der Waals surface area contributed by atoms with Crippen LogP contribution < -0.4 is 5.32 Å². The molecule has 1 aliphatic carbocycles. The van der Waals surface area contributed by atoms with Gasteiger partial charge in [0.05, 0.1) is 0 Å². The van der Waals surface area contributed by atoms with E-state index in [0.29, 0.717) is 0 Å². The first kappa shape index (κ1) is 16.0. The van der Waals surface area contributed by atoms with Gasteiger partial charge >= 0.3 is 0 Å². The lowest BCUT2D eigenvalue weighted by molar-refractivity contribution is 0.223. The standard InChI is InChI=1S/C17H35N/c1-5-7-9-16(8-6-2)18-17-12-10-15(11-13-17)14(3)4/h14-18H,5-13H2,1-4H3. The summed E-state index contributed by atoms with van der Waals surface area (Å²) in [6, 6.07) is 1.60. The van der Waals surface area contributed by atoms with Crippen molar-refractivity contribution >= 4 is 0 Å². The van der Waals surface area contributed by atoms with Gasteiger partial charge < -0.3 is 5.32 Å². The van der Waals surface area contributed by atoms with E-state index in [-0.39, 0.29) is 0 Å². The SMILES string of the molecule is CCCCC(CCC)NC1CCC(C(C)C)CC1. The van der Waals surface area contributed by atoms with Gasteiger partial charge in [0.2, 0.25) is 0 Å². The Kier molecular flexibility index (Phi) is 7.97. The molecule has 1 nitrogen and oxygen atoms in total. The molecule has 0 radical (unpaired) electrons. The molecular weight excluding hydrogens is 218 g/mol. The normalized spacial score (nSPS) is 26.5. The molecular formula is C17H35N.